The number of amides is 1. The molecule has 94 valence electrons. The number of halogens is 2. The summed E-state index contributed by atoms with van der Waals surface area (Å²) in [5.41, 5.74) is 0.459. The second-order valence-electron chi connectivity index (χ2n) is 3.54. The first-order chi connectivity index (χ1) is 8.58. The highest BCUT2D eigenvalue weighted by atomic mass is 127. The molecule has 0 saturated heterocycles. The monoisotopic (exact) mass is 437 g/mol. The molecule has 1 aromatic carbocycles. The summed E-state index contributed by atoms with van der Waals surface area (Å²) >= 11 is 7.00. The molecule has 0 saturated carbocycles. The van der Waals surface area contributed by atoms with Gasteiger partial charge in [-0.25, -0.2) is 0 Å². The Morgan fingerprint density at radius 1 is 1.44 bits per heavy atom. The topological polar surface area (TPSA) is 49.3 Å². The van der Waals surface area contributed by atoms with Crippen LogP contribution in [0.3, 0.4) is 0 Å². The van der Waals surface area contributed by atoms with E-state index in [9.17, 15) is 9.90 Å². The van der Waals surface area contributed by atoms with Crippen molar-refractivity contribution < 1.29 is 9.90 Å². The number of thiophene rings is 1. The Morgan fingerprint density at radius 2 is 2.22 bits per heavy atom. The van der Waals surface area contributed by atoms with E-state index in [-0.39, 0.29) is 11.7 Å². The molecule has 0 bridgehead atoms. The number of benzene rings is 1. The molecule has 0 radical (unpaired) electrons. The van der Waals surface area contributed by atoms with Gasteiger partial charge in [-0.2, -0.15) is 0 Å². The molecule has 1 aromatic heterocycles. The first-order valence-electron chi connectivity index (χ1n) is 5.06. The van der Waals surface area contributed by atoms with Crippen molar-refractivity contribution in [2.75, 3.05) is 0 Å². The number of phenols is 1. The molecule has 0 unspecified atom stereocenters. The van der Waals surface area contributed by atoms with E-state index in [0.717, 1.165) is 12.9 Å². The van der Waals surface area contributed by atoms with Gasteiger partial charge in [-0.3, -0.25) is 4.79 Å². The van der Waals surface area contributed by atoms with Gasteiger partial charge in [0.25, 0.3) is 5.91 Å². The van der Waals surface area contributed by atoms with E-state index < -0.39 is 0 Å². The molecule has 0 aliphatic carbocycles. The van der Waals surface area contributed by atoms with Crippen molar-refractivity contribution in [3.05, 3.63) is 48.1 Å². The first-order valence-corrected chi connectivity index (χ1v) is 7.81. The van der Waals surface area contributed by atoms with Crippen LogP contribution in [0.1, 0.15) is 15.2 Å². The number of hydrogen-bond donors (Lipinski definition) is 2. The minimum absolute atomic E-state index is 0.126. The minimum atomic E-state index is -0.193. The minimum Gasteiger partial charge on any atom is -0.507 e. The maximum Gasteiger partial charge on any atom is 0.251 e. The third-order valence-electron chi connectivity index (χ3n) is 2.31. The number of phenolic OH excluding ortho intramolecular Hbond substituents is 1. The van der Waals surface area contributed by atoms with E-state index in [1.54, 1.807) is 23.5 Å². The van der Waals surface area contributed by atoms with Crippen LogP contribution in [0, 0.1) is 3.57 Å². The van der Waals surface area contributed by atoms with E-state index in [0.29, 0.717) is 12.1 Å². The zero-order valence-corrected chi connectivity index (χ0v) is 13.7. The maximum absolute atomic E-state index is 11.9. The quantitative estimate of drug-likeness (QED) is 0.718. The summed E-state index contributed by atoms with van der Waals surface area (Å²) in [6.45, 7) is 0.476. The average Bonchev–Trinajstić information content (AvgIpc) is 2.75. The lowest BCUT2D eigenvalue weighted by molar-refractivity contribution is 0.0951. The fraction of sp³-hybridized carbons (Fsp3) is 0.0833. The second kappa shape index (κ2) is 6.03. The van der Waals surface area contributed by atoms with Gasteiger partial charge in [-0.05, 0) is 68.2 Å². The number of rotatable bonds is 3. The van der Waals surface area contributed by atoms with Crippen LogP contribution in [0.2, 0.25) is 0 Å². The maximum atomic E-state index is 11.9. The van der Waals surface area contributed by atoms with Gasteiger partial charge in [0, 0.05) is 14.9 Å². The van der Waals surface area contributed by atoms with E-state index in [1.807, 2.05) is 34.0 Å². The average molecular weight is 438 g/mol. The molecule has 2 rings (SSSR count). The number of aromatic hydroxyl groups is 1. The molecule has 0 aliphatic rings. The van der Waals surface area contributed by atoms with Gasteiger partial charge in [0.05, 0.1) is 10.1 Å². The standard InChI is InChI=1S/C12H9BrINO2S/c13-8-3-4-18-11(8)6-15-12(17)7-1-2-9(14)10(16)5-7/h1-5,16H,6H2,(H,15,17). The fourth-order valence-electron chi connectivity index (χ4n) is 1.37. The molecular weight excluding hydrogens is 429 g/mol. The highest BCUT2D eigenvalue weighted by Gasteiger charge is 2.09. The van der Waals surface area contributed by atoms with Crippen LogP contribution in [-0.2, 0) is 6.54 Å². The Balaban J connectivity index is 2.04. The Hall–Kier alpha value is -0.600. The number of carbonyl (C=O) groups is 1. The van der Waals surface area contributed by atoms with E-state index in [1.165, 1.54) is 6.07 Å². The van der Waals surface area contributed by atoms with E-state index in [2.05, 4.69) is 21.2 Å². The van der Waals surface area contributed by atoms with Crippen molar-refractivity contribution in [3.63, 3.8) is 0 Å². The molecule has 2 aromatic rings. The predicted octanol–water partition coefficient (Wildman–Crippen LogP) is 3.75. The third-order valence-corrected chi connectivity index (χ3v) is 5.15. The third kappa shape index (κ3) is 3.24. The van der Waals surface area contributed by atoms with Gasteiger partial charge in [-0.15, -0.1) is 11.3 Å². The van der Waals surface area contributed by atoms with Crippen LogP contribution >= 0.6 is 49.9 Å². The molecule has 18 heavy (non-hydrogen) atoms. The summed E-state index contributed by atoms with van der Waals surface area (Å²) in [4.78, 5) is 12.9. The SMILES string of the molecule is O=C(NCc1sccc1Br)c1ccc(I)c(O)c1. The Kier molecular flexibility index (Phi) is 4.63. The van der Waals surface area contributed by atoms with Crippen LogP contribution in [0.15, 0.2) is 34.1 Å². The summed E-state index contributed by atoms with van der Waals surface area (Å²) in [5.74, 6) is -0.0671. The smallest absolute Gasteiger partial charge is 0.251 e. The van der Waals surface area contributed by atoms with Crippen LogP contribution in [-0.4, -0.2) is 11.0 Å². The van der Waals surface area contributed by atoms with Crippen molar-refractivity contribution in [1.82, 2.24) is 5.32 Å². The highest BCUT2D eigenvalue weighted by Crippen LogP contribution is 2.23. The summed E-state index contributed by atoms with van der Waals surface area (Å²) in [5, 5.41) is 14.3. The van der Waals surface area contributed by atoms with Gasteiger partial charge >= 0.3 is 0 Å². The molecule has 0 atom stereocenters. The van der Waals surface area contributed by atoms with Crippen LogP contribution in [0.4, 0.5) is 0 Å². The van der Waals surface area contributed by atoms with E-state index in [4.69, 9.17) is 0 Å². The van der Waals surface area contributed by atoms with Crippen molar-refractivity contribution >= 4 is 55.8 Å². The lowest BCUT2D eigenvalue weighted by atomic mass is 10.2. The van der Waals surface area contributed by atoms with Crippen LogP contribution in [0.5, 0.6) is 5.75 Å². The Labute approximate surface area is 130 Å². The molecule has 0 fully saturated rings. The predicted molar refractivity (Wildman–Crippen MR) is 84.0 cm³/mol. The van der Waals surface area contributed by atoms with Gasteiger partial charge in [0.2, 0.25) is 0 Å². The second-order valence-corrected chi connectivity index (χ2v) is 6.56. The zero-order chi connectivity index (χ0) is 13.1. The van der Waals surface area contributed by atoms with Crippen LogP contribution in [0.25, 0.3) is 0 Å². The molecule has 0 spiro atoms. The van der Waals surface area contributed by atoms with Gasteiger partial charge in [0.15, 0.2) is 0 Å². The first kappa shape index (κ1) is 13.8. The van der Waals surface area contributed by atoms with Crippen molar-refractivity contribution in [1.29, 1.82) is 0 Å². The molecule has 1 heterocycles. The molecule has 6 heteroatoms. The summed E-state index contributed by atoms with van der Waals surface area (Å²) in [6.07, 6.45) is 0. The van der Waals surface area contributed by atoms with Gasteiger partial charge in [0.1, 0.15) is 5.75 Å². The van der Waals surface area contributed by atoms with E-state index >= 15 is 0 Å². The largest absolute Gasteiger partial charge is 0.507 e. The Bertz CT molecular complexity index is 585. The lowest BCUT2D eigenvalue weighted by Gasteiger charge is -2.05. The van der Waals surface area contributed by atoms with Gasteiger partial charge < -0.3 is 10.4 Å². The number of carbonyl (C=O) groups excluding carboxylic acids is 1. The molecule has 1 amide bonds. The zero-order valence-electron chi connectivity index (χ0n) is 9.11. The lowest BCUT2D eigenvalue weighted by Crippen LogP contribution is -2.22. The highest BCUT2D eigenvalue weighted by molar-refractivity contribution is 14.1. The molecule has 3 nitrogen and oxygen atoms in total. The molecule has 0 aliphatic heterocycles. The summed E-state index contributed by atoms with van der Waals surface area (Å²) < 4.78 is 1.73. The Morgan fingerprint density at radius 3 is 2.83 bits per heavy atom. The molecular formula is C12H9BrINO2S. The van der Waals surface area contributed by atoms with Gasteiger partial charge in [-0.1, -0.05) is 0 Å². The normalized spacial score (nSPS) is 10.3. The van der Waals surface area contributed by atoms with Crippen molar-refractivity contribution in [2.24, 2.45) is 0 Å². The molecule has 2 N–H and O–H groups in total. The number of hydrogen-bond acceptors (Lipinski definition) is 3. The fourth-order valence-corrected chi connectivity index (χ4v) is 3.14. The van der Waals surface area contributed by atoms with Crippen LogP contribution < -0.4 is 5.32 Å². The van der Waals surface area contributed by atoms with Crippen molar-refractivity contribution in [3.8, 4) is 5.75 Å². The number of nitrogens with one attached hydrogen (secondary N) is 1. The summed E-state index contributed by atoms with van der Waals surface area (Å²) in [7, 11) is 0. The van der Waals surface area contributed by atoms with Crippen molar-refractivity contribution in [2.45, 2.75) is 6.54 Å². The summed E-state index contributed by atoms with van der Waals surface area (Å²) in [6, 6.07) is 6.83.